The molecule has 0 aromatic heterocycles. The lowest BCUT2D eigenvalue weighted by Gasteiger charge is -2.38. The molecule has 5 nitrogen and oxygen atoms in total. The van der Waals surface area contributed by atoms with Gasteiger partial charge in [-0.25, -0.2) is 0 Å². The zero-order chi connectivity index (χ0) is 21.8. The van der Waals surface area contributed by atoms with Gasteiger partial charge in [-0.3, -0.25) is 9.69 Å². The monoisotopic (exact) mass is 435 g/mol. The van der Waals surface area contributed by atoms with Crippen molar-refractivity contribution in [1.29, 1.82) is 0 Å². The maximum absolute atomic E-state index is 13.1. The van der Waals surface area contributed by atoms with E-state index in [0.717, 1.165) is 52.0 Å². The van der Waals surface area contributed by atoms with E-state index in [1.54, 1.807) is 0 Å². The minimum atomic E-state index is 0.0678. The van der Waals surface area contributed by atoms with E-state index in [9.17, 15) is 4.79 Å². The molecule has 2 aromatic carbocycles. The number of likely N-dealkylation sites (tertiary alicyclic amines) is 2. The lowest BCUT2D eigenvalue weighted by Crippen LogP contribution is -2.49. The predicted octanol–water partition coefficient (Wildman–Crippen LogP) is 3.67. The first-order valence-corrected chi connectivity index (χ1v) is 12.5. The van der Waals surface area contributed by atoms with E-state index >= 15 is 0 Å². The molecule has 3 atom stereocenters. The van der Waals surface area contributed by atoms with E-state index < -0.39 is 0 Å². The summed E-state index contributed by atoms with van der Waals surface area (Å²) in [7, 11) is 0. The molecular formula is C27H37N3O2. The summed E-state index contributed by atoms with van der Waals surface area (Å²) in [6.45, 7) is 7.91. The number of nitrogens with one attached hydrogen (secondary N) is 1. The number of ether oxygens (including phenoxy) is 1. The third-order valence-electron chi connectivity index (χ3n) is 7.45. The average molecular weight is 436 g/mol. The number of carbonyl (C=O) groups excluding carboxylic acids is 1. The summed E-state index contributed by atoms with van der Waals surface area (Å²) in [6, 6.07) is 15.3. The molecule has 1 amide bonds. The van der Waals surface area contributed by atoms with Crippen molar-refractivity contribution in [3.63, 3.8) is 0 Å². The van der Waals surface area contributed by atoms with Crippen LogP contribution in [0.4, 0.5) is 0 Å². The van der Waals surface area contributed by atoms with Gasteiger partial charge in [-0.1, -0.05) is 36.4 Å². The Kier molecular flexibility index (Phi) is 7.06. The summed E-state index contributed by atoms with van der Waals surface area (Å²) in [4.78, 5) is 18.2. The maximum atomic E-state index is 13.1. The second kappa shape index (κ2) is 10.3. The van der Waals surface area contributed by atoms with E-state index in [1.165, 1.54) is 42.3 Å². The second-order valence-corrected chi connectivity index (χ2v) is 10.1. The van der Waals surface area contributed by atoms with Crippen LogP contribution in [-0.2, 0) is 16.1 Å². The van der Waals surface area contributed by atoms with Crippen LogP contribution in [0.25, 0.3) is 10.8 Å². The number of nitrogens with zero attached hydrogens (tertiary/aromatic N) is 2. The molecule has 0 radical (unpaired) electrons. The minimum Gasteiger partial charge on any atom is -0.376 e. The third kappa shape index (κ3) is 5.51. The van der Waals surface area contributed by atoms with Crippen LogP contribution < -0.4 is 5.32 Å². The fourth-order valence-electron chi connectivity index (χ4n) is 5.84. The molecule has 0 spiro atoms. The molecule has 5 rings (SSSR count). The Bertz CT molecular complexity index is 905. The van der Waals surface area contributed by atoms with Gasteiger partial charge >= 0.3 is 0 Å². The number of amides is 1. The number of hydrogen-bond acceptors (Lipinski definition) is 4. The van der Waals surface area contributed by atoms with E-state index in [-0.39, 0.29) is 17.9 Å². The van der Waals surface area contributed by atoms with Crippen LogP contribution in [0.5, 0.6) is 0 Å². The Morgan fingerprint density at radius 1 is 1.00 bits per heavy atom. The summed E-state index contributed by atoms with van der Waals surface area (Å²) in [5, 5.41) is 5.79. The molecule has 3 fully saturated rings. The molecule has 1 N–H and O–H groups in total. The largest absolute Gasteiger partial charge is 0.376 e. The Balaban J connectivity index is 1.25. The van der Waals surface area contributed by atoms with Crippen molar-refractivity contribution < 1.29 is 9.53 Å². The van der Waals surface area contributed by atoms with Gasteiger partial charge in [-0.15, -0.1) is 0 Å². The van der Waals surface area contributed by atoms with Crippen LogP contribution in [0.2, 0.25) is 0 Å². The van der Waals surface area contributed by atoms with Gasteiger partial charge in [0.1, 0.15) is 0 Å². The number of hydrogen-bond donors (Lipinski definition) is 1. The molecule has 0 unspecified atom stereocenters. The minimum absolute atomic E-state index is 0.0678. The van der Waals surface area contributed by atoms with Gasteiger partial charge in [-0.05, 0) is 73.5 Å². The number of benzene rings is 2. The highest BCUT2D eigenvalue weighted by Gasteiger charge is 2.33. The molecular weight excluding hydrogens is 398 g/mol. The topological polar surface area (TPSA) is 44.8 Å². The molecule has 3 aliphatic heterocycles. The third-order valence-corrected chi connectivity index (χ3v) is 7.45. The average Bonchev–Trinajstić information content (AvgIpc) is 3.52. The fraction of sp³-hybridized carbons (Fsp3) is 0.593. The number of piperidine rings is 1. The molecule has 0 saturated carbocycles. The highest BCUT2D eigenvalue weighted by molar-refractivity contribution is 5.83. The fourth-order valence-corrected chi connectivity index (χ4v) is 5.84. The van der Waals surface area contributed by atoms with Crippen LogP contribution in [0.1, 0.15) is 37.7 Å². The highest BCUT2D eigenvalue weighted by atomic mass is 16.5. The zero-order valence-electron chi connectivity index (χ0n) is 19.2. The smallest absolute Gasteiger partial charge is 0.224 e. The van der Waals surface area contributed by atoms with Gasteiger partial charge in [0, 0.05) is 39.3 Å². The van der Waals surface area contributed by atoms with Crippen LogP contribution in [0.15, 0.2) is 42.5 Å². The van der Waals surface area contributed by atoms with Gasteiger partial charge in [0.05, 0.1) is 12.0 Å². The predicted molar refractivity (Wildman–Crippen MR) is 128 cm³/mol. The van der Waals surface area contributed by atoms with Gasteiger partial charge in [0.15, 0.2) is 0 Å². The van der Waals surface area contributed by atoms with Crippen molar-refractivity contribution >= 4 is 16.7 Å². The Morgan fingerprint density at radius 3 is 2.66 bits per heavy atom. The van der Waals surface area contributed by atoms with Crippen LogP contribution in [-0.4, -0.2) is 67.7 Å². The van der Waals surface area contributed by atoms with Gasteiger partial charge in [0.25, 0.3) is 0 Å². The van der Waals surface area contributed by atoms with E-state index in [2.05, 4.69) is 57.6 Å². The van der Waals surface area contributed by atoms with Gasteiger partial charge in [-0.2, -0.15) is 0 Å². The van der Waals surface area contributed by atoms with Crippen molar-refractivity contribution in [2.24, 2.45) is 11.8 Å². The van der Waals surface area contributed by atoms with Crippen molar-refractivity contribution in [3.8, 4) is 0 Å². The lowest BCUT2D eigenvalue weighted by atomic mass is 9.87. The molecule has 3 heterocycles. The number of fused-ring (bicyclic) bond motifs is 1. The summed E-state index contributed by atoms with van der Waals surface area (Å²) < 4.78 is 5.70. The molecule has 5 heteroatoms. The summed E-state index contributed by atoms with van der Waals surface area (Å²) in [5.74, 6) is 0.842. The standard InChI is InChI=1S/C27H37N3O2/c31-27(28-16-26-8-5-13-32-26)25-15-22(18-29-11-3-4-12-29)19-30(20-25)17-21-9-10-23-6-1-2-7-24(23)14-21/h1-2,6-7,9-10,14,22,25-26H,3-5,8,11-13,15-20H2,(H,28,31)/t22-,25-,26+/m1/s1. The quantitative estimate of drug-likeness (QED) is 0.721. The van der Waals surface area contributed by atoms with Crippen molar-refractivity contribution in [2.45, 2.75) is 44.8 Å². The first-order valence-electron chi connectivity index (χ1n) is 12.5. The van der Waals surface area contributed by atoms with Crippen LogP contribution in [0.3, 0.4) is 0 Å². The molecule has 0 aliphatic carbocycles. The summed E-state index contributed by atoms with van der Waals surface area (Å²) >= 11 is 0. The molecule has 32 heavy (non-hydrogen) atoms. The molecule has 172 valence electrons. The van der Waals surface area contributed by atoms with Crippen LogP contribution in [0, 0.1) is 11.8 Å². The van der Waals surface area contributed by atoms with Crippen molar-refractivity contribution in [3.05, 3.63) is 48.0 Å². The van der Waals surface area contributed by atoms with E-state index in [0.29, 0.717) is 12.5 Å². The summed E-state index contributed by atoms with van der Waals surface area (Å²) in [6.07, 6.45) is 6.02. The highest BCUT2D eigenvalue weighted by Crippen LogP contribution is 2.27. The number of rotatable bonds is 7. The van der Waals surface area contributed by atoms with Crippen molar-refractivity contribution in [1.82, 2.24) is 15.1 Å². The van der Waals surface area contributed by atoms with E-state index in [4.69, 9.17) is 4.74 Å². The normalized spacial score (nSPS) is 27.2. The van der Waals surface area contributed by atoms with Gasteiger partial charge in [0.2, 0.25) is 5.91 Å². The Labute approximate surface area is 192 Å². The first kappa shape index (κ1) is 21.9. The number of carbonyl (C=O) groups is 1. The maximum Gasteiger partial charge on any atom is 0.224 e. The molecule has 0 bridgehead atoms. The summed E-state index contributed by atoms with van der Waals surface area (Å²) in [5.41, 5.74) is 1.34. The van der Waals surface area contributed by atoms with E-state index in [1.807, 2.05) is 0 Å². The lowest BCUT2D eigenvalue weighted by molar-refractivity contribution is -0.128. The second-order valence-electron chi connectivity index (χ2n) is 10.1. The Morgan fingerprint density at radius 2 is 1.84 bits per heavy atom. The zero-order valence-corrected chi connectivity index (χ0v) is 19.2. The van der Waals surface area contributed by atoms with Gasteiger partial charge < -0.3 is 15.0 Å². The molecule has 3 aliphatic rings. The SMILES string of the molecule is O=C(NC[C@@H]1CCCO1)[C@@H]1C[C@H](CN2CCCC2)CN(Cc2ccc3ccccc3c2)C1. The molecule has 3 saturated heterocycles. The Hall–Kier alpha value is -1.95. The van der Waals surface area contributed by atoms with Crippen molar-refractivity contribution in [2.75, 3.05) is 45.9 Å². The first-order chi connectivity index (χ1) is 15.7. The van der Waals surface area contributed by atoms with Crippen LogP contribution >= 0.6 is 0 Å². The molecule has 2 aromatic rings.